The standard InChI is InChI=1S/C36H55NO3/c1-3-5-7-9-11-13-14-16-18-20-31-29-39-36(40-30-31)33-23-26-35(37-28-33)32-21-24-34(25-22-32)38-27-19-17-15-12-10-8-6-4-2/h3,21-26,28,31,36H,1,4-20,27,29-30H2,2H3/t31-,36-. The van der Waals surface area contributed by atoms with Gasteiger partial charge in [0.25, 0.3) is 0 Å². The molecule has 2 heterocycles. The van der Waals surface area contributed by atoms with Crippen molar-refractivity contribution in [3.05, 3.63) is 60.8 Å². The maximum absolute atomic E-state index is 6.07. The highest BCUT2D eigenvalue weighted by molar-refractivity contribution is 5.60. The second-order valence-corrected chi connectivity index (χ2v) is 11.5. The van der Waals surface area contributed by atoms with Crippen LogP contribution in [-0.2, 0) is 9.47 Å². The molecule has 1 aliphatic rings. The lowest BCUT2D eigenvalue weighted by molar-refractivity contribution is -0.206. The van der Waals surface area contributed by atoms with Gasteiger partial charge in [0.15, 0.2) is 6.29 Å². The number of unbranched alkanes of at least 4 members (excludes halogenated alkanes) is 14. The van der Waals surface area contributed by atoms with E-state index in [2.05, 4.69) is 37.8 Å². The quantitative estimate of drug-likeness (QED) is 0.108. The molecule has 0 N–H and O–H groups in total. The summed E-state index contributed by atoms with van der Waals surface area (Å²) < 4.78 is 18.1. The molecule has 0 saturated carbocycles. The molecule has 0 unspecified atom stereocenters. The van der Waals surface area contributed by atoms with E-state index in [1.165, 1.54) is 96.3 Å². The fraction of sp³-hybridized carbons (Fsp3) is 0.639. The summed E-state index contributed by atoms with van der Waals surface area (Å²) in [5.41, 5.74) is 3.03. The van der Waals surface area contributed by atoms with Gasteiger partial charge < -0.3 is 14.2 Å². The molecule has 0 amide bonds. The van der Waals surface area contributed by atoms with Gasteiger partial charge in [-0.15, -0.1) is 6.58 Å². The molecule has 222 valence electrons. The molecule has 1 aromatic heterocycles. The molecule has 1 fully saturated rings. The Morgan fingerprint density at radius 2 is 1.40 bits per heavy atom. The fourth-order valence-electron chi connectivity index (χ4n) is 5.37. The Bertz CT molecular complexity index is 887. The lowest BCUT2D eigenvalue weighted by Gasteiger charge is -2.29. The zero-order valence-corrected chi connectivity index (χ0v) is 25.3. The van der Waals surface area contributed by atoms with Gasteiger partial charge in [0.05, 0.1) is 25.5 Å². The Hall–Kier alpha value is -2.17. The van der Waals surface area contributed by atoms with Crippen molar-refractivity contribution in [2.24, 2.45) is 5.92 Å². The van der Waals surface area contributed by atoms with Crippen molar-refractivity contribution in [1.82, 2.24) is 4.98 Å². The van der Waals surface area contributed by atoms with Crippen molar-refractivity contribution in [2.45, 2.75) is 122 Å². The van der Waals surface area contributed by atoms with Crippen LogP contribution in [-0.4, -0.2) is 24.8 Å². The molecular weight excluding hydrogens is 494 g/mol. The van der Waals surface area contributed by atoms with Crippen LogP contribution in [0.15, 0.2) is 55.3 Å². The number of allylic oxidation sites excluding steroid dienone is 1. The van der Waals surface area contributed by atoms with Crippen molar-refractivity contribution in [3.63, 3.8) is 0 Å². The number of ether oxygens (including phenoxy) is 3. The summed E-state index contributed by atoms with van der Waals surface area (Å²) in [6.45, 7) is 8.40. The van der Waals surface area contributed by atoms with Crippen LogP contribution in [0.2, 0.25) is 0 Å². The number of aromatic nitrogens is 1. The Morgan fingerprint density at radius 1 is 0.775 bits per heavy atom. The number of benzene rings is 1. The van der Waals surface area contributed by atoms with Crippen molar-refractivity contribution >= 4 is 0 Å². The van der Waals surface area contributed by atoms with E-state index in [0.717, 1.165) is 55.2 Å². The third kappa shape index (κ3) is 13.0. The van der Waals surface area contributed by atoms with Crippen LogP contribution in [0, 0.1) is 5.92 Å². The number of pyridine rings is 1. The van der Waals surface area contributed by atoms with Gasteiger partial charge in [-0.1, -0.05) is 103 Å². The van der Waals surface area contributed by atoms with Gasteiger partial charge in [0.1, 0.15) is 5.75 Å². The average Bonchev–Trinajstić information content (AvgIpc) is 3.00. The zero-order chi connectivity index (χ0) is 28.1. The van der Waals surface area contributed by atoms with Crippen LogP contribution in [0.1, 0.15) is 128 Å². The molecule has 0 spiro atoms. The highest BCUT2D eigenvalue weighted by Gasteiger charge is 2.23. The number of hydrogen-bond donors (Lipinski definition) is 0. The van der Waals surface area contributed by atoms with Gasteiger partial charge in [-0.2, -0.15) is 0 Å². The van der Waals surface area contributed by atoms with Crippen LogP contribution in [0.5, 0.6) is 5.75 Å². The molecule has 0 aliphatic carbocycles. The predicted molar refractivity (Wildman–Crippen MR) is 168 cm³/mol. The Balaban J connectivity index is 1.27. The van der Waals surface area contributed by atoms with E-state index in [1.807, 2.05) is 24.4 Å². The minimum atomic E-state index is -0.305. The van der Waals surface area contributed by atoms with E-state index in [-0.39, 0.29) is 6.29 Å². The van der Waals surface area contributed by atoms with Gasteiger partial charge in [0, 0.05) is 23.2 Å². The topological polar surface area (TPSA) is 40.6 Å². The maximum Gasteiger partial charge on any atom is 0.185 e. The van der Waals surface area contributed by atoms with E-state index < -0.39 is 0 Å². The third-order valence-corrected chi connectivity index (χ3v) is 7.96. The summed E-state index contributed by atoms with van der Waals surface area (Å²) >= 11 is 0. The number of hydrogen-bond acceptors (Lipinski definition) is 4. The van der Waals surface area contributed by atoms with Crippen LogP contribution in [0.4, 0.5) is 0 Å². The third-order valence-electron chi connectivity index (χ3n) is 7.96. The van der Waals surface area contributed by atoms with Crippen LogP contribution in [0.25, 0.3) is 11.3 Å². The molecule has 1 saturated heterocycles. The predicted octanol–water partition coefficient (Wildman–Crippen LogP) is 10.6. The lowest BCUT2D eigenvalue weighted by Crippen LogP contribution is -2.27. The number of nitrogens with zero attached hydrogens (tertiary/aromatic N) is 1. The summed E-state index contributed by atoms with van der Waals surface area (Å²) in [6, 6.07) is 12.4. The van der Waals surface area contributed by atoms with E-state index >= 15 is 0 Å². The first-order chi connectivity index (χ1) is 19.8. The number of rotatable bonds is 22. The summed E-state index contributed by atoms with van der Waals surface area (Å²) in [5.74, 6) is 1.44. The van der Waals surface area contributed by atoms with Gasteiger partial charge >= 0.3 is 0 Å². The normalized spacial score (nSPS) is 17.1. The van der Waals surface area contributed by atoms with Gasteiger partial charge in [0.2, 0.25) is 0 Å². The average molecular weight is 550 g/mol. The summed E-state index contributed by atoms with van der Waals surface area (Å²) in [5, 5.41) is 0. The Kier molecular flexibility index (Phi) is 16.7. The van der Waals surface area contributed by atoms with Crippen molar-refractivity contribution < 1.29 is 14.2 Å². The molecule has 4 heteroatoms. The molecule has 1 aliphatic heterocycles. The lowest BCUT2D eigenvalue weighted by atomic mass is 10.0. The van der Waals surface area contributed by atoms with E-state index in [0.29, 0.717) is 5.92 Å². The first-order valence-corrected chi connectivity index (χ1v) is 16.3. The summed E-state index contributed by atoms with van der Waals surface area (Å²) in [4.78, 5) is 4.69. The molecule has 0 atom stereocenters. The highest BCUT2D eigenvalue weighted by atomic mass is 16.7. The molecule has 0 bridgehead atoms. The maximum atomic E-state index is 6.07. The minimum absolute atomic E-state index is 0.305. The largest absolute Gasteiger partial charge is 0.494 e. The second-order valence-electron chi connectivity index (χ2n) is 11.5. The molecule has 0 radical (unpaired) electrons. The summed E-state index contributed by atoms with van der Waals surface area (Å²) in [6.07, 6.45) is 25.8. The van der Waals surface area contributed by atoms with Gasteiger partial charge in [-0.25, -0.2) is 0 Å². The van der Waals surface area contributed by atoms with Crippen molar-refractivity contribution in [1.29, 1.82) is 0 Å². The zero-order valence-electron chi connectivity index (χ0n) is 25.3. The molecule has 4 nitrogen and oxygen atoms in total. The molecule has 3 rings (SSSR count). The molecule has 1 aromatic carbocycles. The monoisotopic (exact) mass is 549 g/mol. The summed E-state index contributed by atoms with van der Waals surface area (Å²) in [7, 11) is 0. The van der Waals surface area contributed by atoms with E-state index in [9.17, 15) is 0 Å². The highest BCUT2D eigenvalue weighted by Crippen LogP contribution is 2.29. The first-order valence-electron chi connectivity index (χ1n) is 16.3. The van der Waals surface area contributed by atoms with Crippen LogP contribution >= 0.6 is 0 Å². The smallest absolute Gasteiger partial charge is 0.185 e. The van der Waals surface area contributed by atoms with Gasteiger partial charge in [-0.3, -0.25) is 4.98 Å². The van der Waals surface area contributed by atoms with Crippen molar-refractivity contribution in [2.75, 3.05) is 19.8 Å². The minimum Gasteiger partial charge on any atom is -0.494 e. The van der Waals surface area contributed by atoms with Crippen LogP contribution in [0.3, 0.4) is 0 Å². The van der Waals surface area contributed by atoms with Crippen LogP contribution < -0.4 is 4.74 Å². The molecular formula is C36H55NO3. The Morgan fingerprint density at radius 3 is 2.02 bits per heavy atom. The SMILES string of the molecule is C=CCCCCCCCCC[C@H]1CO[C@H](c2ccc(-c3ccc(OCCCCCCCCCC)cc3)nc2)OC1. The molecule has 40 heavy (non-hydrogen) atoms. The second kappa shape index (κ2) is 20.7. The molecule has 2 aromatic rings. The van der Waals surface area contributed by atoms with E-state index in [4.69, 9.17) is 19.2 Å². The Labute approximate surface area is 244 Å². The first kappa shape index (κ1) is 32.3. The van der Waals surface area contributed by atoms with Gasteiger partial charge in [-0.05, 0) is 56.0 Å². The van der Waals surface area contributed by atoms with E-state index in [1.54, 1.807) is 0 Å². The van der Waals surface area contributed by atoms with Crippen molar-refractivity contribution in [3.8, 4) is 17.0 Å². The fourth-order valence-corrected chi connectivity index (χ4v) is 5.37.